The summed E-state index contributed by atoms with van der Waals surface area (Å²) in [6.07, 6.45) is 0. The number of hydrogen-bond acceptors (Lipinski definition) is 4. The van der Waals surface area contributed by atoms with Crippen LogP contribution in [0.25, 0.3) is 10.1 Å². The van der Waals surface area contributed by atoms with Gasteiger partial charge >= 0.3 is 5.69 Å². The maximum atomic E-state index is 10.7. The smallest absolute Gasteiger partial charge is 0.320 e. The van der Waals surface area contributed by atoms with Crippen LogP contribution in [0.2, 0.25) is 5.02 Å². The highest BCUT2D eigenvalue weighted by Gasteiger charge is 2.21. The highest BCUT2D eigenvalue weighted by molar-refractivity contribution is 7.18. The minimum absolute atomic E-state index is 0.299. The van der Waals surface area contributed by atoms with E-state index in [9.17, 15) is 15.2 Å². The van der Waals surface area contributed by atoms with E-state index in [0.29, 0.717) is 15.1 Å². The summed E-state index contributed by atoms with van der Waals surface area (Å²) in [5.74, 6) is -0.359. The molecule has 0 atom stereocenters. The lowest BCUT2D eigenvalue weighted by Crippen LogP contribution is -1.88. The van der Waals surface area contributed by atoms with Crippen LogP contribution in [0.15, 0.2) is 17.5 Å². The van der Waals surface area contributed by atoms with Crippen LogP contribution >= 0.6 is 22.9 Å². The van der Waals surface area contributed by atoms with Gasteiger partial charge in [-0.25, -0.2) is 0 Å². The van der Waals surface area contributed by atoms with Gasteiger partial charge in [0.15, 0.2) is 5.75 Å². The van der Waals surface area contributed by atoms with Crippen molar-refractivity contribution in [3.63, 3.8) is 0 Å². The fraction of sp³-hybridized carbons (Fsp3) is 0. The zero-order valence-electron chi connectivity index (χ0n) is 6.73. The van der Waals surface area contributed by atoms with Crippen LogP contribution in [0.3, 0.4) is 0 Å². The zero-order valence-corrected chi connectivity index (χ0v) is 8.30. The molecule has 2 rings (SSSR count). The molecule has 0 bridgehead atoms. The Morgan fingerprint density at radius 3 is 2.86 bits per heavy atom. The first kappa shape index (κ1) is 9.23. The van der Waals surface area contributed by atoms with Gasteiger partial charge in [-0.05, 0) is 12.1 Å². The zero-order chi connectivity index (χ0) is 10.3. The minimum atomic E-state index is -0.629. The van der Waals surface area contributed by atoms with Gasteiger partial charge in [0.25, 0.3) is 0 Å². The number of rotatable bonds is 1. The van der Waals surface area contributed by atoms with E-state index >= 15 is 0 Å². The first-order valence-corrected chi connectivity index (χ1v) is 4.90. The molecule has 0 saturated carbocycles. The number of benzene rings is 1. The Morgan fingerprint density at radius 1 is 1.50 bits per heavy atom. The normalized spacial score (nSPS) is 10.6. The molecule has 0 aliphatic heterocycles. The van der Waals surface area contributed by atoms with Crippen molar-refractivity contribution in [2.24, 2.45) is 0 Å². The Bertz CT molecular complexity index is 523. The van der Waals surface area contributed by atoms with Crippen molar-refractivity contribution in [1.29, 1.82) is 0 Å². The molecule has 6 heteroatoms. The SMILES string of the molecule is O=[N+]([O-])c1c(O)ccc2scc(Cl)c12. The number of nitro benzene ring substituents is 1. The Labute approximate surface area is 87.5 Å². The third kappa shape index (κ3) is 1.21. The summed E-state index contributed by atoms with van der Waals surface area (Å²) in [6.45, 7) is 0. The van der Waals surface area contributed by atoms with Gasteiger partial charge in [0.05, 0.1) is 15.3 Å². The van der Waals surface area contributed by atoms with Gasteiger partial charge in [0.1, 0.15) is 0 Å². The molecule has 0 aliphatic rings. The number of halogens is 1. The number of nitrogens with zero attached hydrogens (tertiary/aromatic N) is 1. The molecule has 0 aliphatic carbocycles. The Morgan fingerprint density at radius 2 is 2.21 bits per heavy atom. The summed E-state index contributed by atoms with van der Waals surface area (Å²) >= 11 is 7.10. The van der Waals surface area contributed by atoms with Crippen LogP contribution < -0.4 is 0 Å². The Hall–Kier alpha value is -1.33. The van der Waals surface area contributed by atoms with Crippen LogP contribution in [0.4, 0.5) is 5.69 Å². The quantitative estimate of drug-likeness (QED) is 0.603. The van der Waals surface area contributed by atoms with Gasteiger partial charge in [-0.1, -0.05) is 11.6 Å². The Kier molecular flexibility index (Phi) is 2.05. The topological polar surface area (TPSA) is 63.4 Å². The number of phenols is 1. The summed E-state index contributed by atoms with van der Waals surface area (Å²) in [6, 6.07) is 2.90. The van der Waals surface area contributed by atoms with Crippen molar-refractivity contribution in [3.05, 3.63) is 32.6 Å². The third-order valence-corrected chi connectivity index (χ3v) is 3.20. The highest BCUT2D eigenvalue weighted by atomic mass is 35.5. The van der Waals surface area contributed by atoms with Crippen molar-refractivity contribution >= 4 is 38.7 Å². The number of nitro groups is 1. The molecule has 72 valence electrons. The van der Waals surface area contributed by atoms with Gasteiger partial charge in [-0.15, -0.1) is 11.3 Å². The van der Waals surface area contributed by atoms with E-state index in [4.69, 9.17) is 11.6 Å². The number of hydrogen-bond donors (Lipinski definition) is 1. The van der Waals surface area contributed by atoms with Gasteiger partial charge in [-0.3, -0.25) is 10.1 Å². The van der Waals surface area contributed by atoms with E-state index in [2.05, 4.69) is 0 Å². The van der Waals surface area contributed by atoms with E-state index in [0.717, 1.165) is 0 Å². The molecule has 4 nitrogen and oxygen atoms in total. The van der Waals surface area contributed by atoms with E-state index in [1.165, 1.54) is 17.4 Å². The van der Waals surface area contributed by atoms with Gasteiger partial charge in [0.2, 0.25) is 0 Å². The van der Waals surface area contributed by atoms with Crippen molar-refractivity contribution in [3.8, 4) is 5.75 Å². The molecule has 2 aromatic rings. The summed E-state index contributed by atoms with van der Waals surface area (Å²) in [4.78, 5) is 10.0. The predicted molar refractivity (Wildman–Crippen MR) is 55.2 cm³/mol. The molecule has 1 aromatic heterocycles. The molecule has 14 heavy (non-hydrogen) atoms. The van der Waals surface area contributed by atoms with E-state index in [1.54, 1.807) is 11.4 Å². The fourth-order valence-corrected chi connectivity index (χ4v) is 2.45. The molecule has 1 heterocycles. The van der Waals surface area contributed by atoms with Gasteiger partial charge in [0, 0.05) is 10.1 Å². The first-order valence-electron chi connectivity index (χ1n) is 3.64. The van der Waals surface area contributed by atoms with Crippen molar-refractivity contribution < 1.29 is 10.0 Å². The molecular weight excluding hydrogens is 226 g/mol. The third-order valence-electron chi connectivity index (χ3n) is 1.83. The second kappa shape index (κ2) is 3.11. The molecule has 0 saturated heterocycles. The summed E-state index contributed by atoms with van der Waals surface area (Å²) in [5, 5.41) is 22.2. The lowest BCUT2D eigenvalue weighted by atomic mass is 10.2. The maximum Gasteiger partial charge on any atom is 0.320 e. The van der Waals surface area contributed by atoms with Crippen molar-refractivity contribution in [1.82, 2.24) is 0 Å². The first-order chi connectivity index (χ1) is 6.61. The monoisotopic (exact) mass is 229 g/mol. The Balaban J connectivity index is 2.94. The number of fused-ring (bicyclic) bond motifs is 1. The molecule has 1 N–H and O–H groups in total. The van der Waals surface area contributed by atoms with Crippen LogP contribution in [0, 0.1) is 10.1 Å². The van der Waals surface area contributed by atoms with Gasteiger partial charge in [-0.2, -0.15) is 0 Å². The number of aromatic hydroxyl groups is 1. The molecule has 0 amide bonds. The fourth-order valence-electron chi connectivity index (χ4n) is 1.25. The summed E-state index contributed by atoms with van der Waals surface area (Å²) in [5.41, 5.74) is -0.325. The van der Waals surface area contributed by atoms with Crippen LogP contribution in [-0.4, -0.2) is 10.0 Å². The van der Waals surface area contributed by atoms with Crippen LogP contribution in [-0.2, 0) is 0 Å². The highest BCUT2D eigenvalue weighted by Crippen LogP contribution is 2.41. The number of thiophene rings is 1. The van der Waals surface area contributed by atoms with Crippen LogP contribution in [0.1, 0.15) is 0 Å². The standard InChI is InChI=1S/C8H4ClNO3S/c9-4-3-14-6-2-1-5(11)8(7(4)6)10(12)13/h1-3,11H. The molecular formula is C8H4ClNO3S. The van der Waals surface area contributed by atoms with Crippen molar-refractivity contribution in [2.75, 3.05) is 0 Å². The predicted octanol–water partition coefficient (Wildman–Crippen LogP) is 3.17. The average Bonchev–Trinajstić information content (AvgIpc) is 2.47. The molecule has 0 fully saturated rings. The second-order valence-corrected chi connectivity index (χ2v) is 3.97. The minimum Gasteiger partial charge on any atom is -0.502 e. The maximum absolute atomic E-state index is 10.7. The lowest BCUT2D eigenvalue weighted by Gasteiger charge is -1.97. The molecule has 1 aromatic carbocycles. The average molecular weight is 230 g/mol. The van der Waals surface area contributed by atoms with Gasteiger partial charge < -0.3 is 5.11 Å². The van der Waals surface area contributed by atoms with E-state index < -0.39 is 4.92 Å². The lowest BCUT2D eigenvalue weighted by molar-refractivity contribution is -0.384. The van der Waals surface area contributed by atoms with E-state index in [-0.39, 0.29) is 11.4 Å². The molecule has 0 radical (unpaired) electrons. The van der Waals surface area contributed by atoms with Crippen molar-refractivity contribution in [2.45, 2.75) is 0 Å². The van der Waals surface area contributed by atoms with Crippen LogP contribution in [0.5, 0.6) is 5.75 Å². The largest absolute Gasteiger partial charge is 0.502 e. The summed E-state index contributed by atoms with van der Waals surface area (Å²) < 4.78 is 0.694. The molecule has 0 unspecified atom stereocenters. The van der Waals surface area contributed by atoms with E-state index in [1.807, 2.05) is 0 Å². The molecule has 0 spiro atoms. The number of phenolic OH excluding ortho intramolecular Hbond substituents is 1. The second-order valence-electron chi connectivity index (χ2n) is 2.65. The summed E-state index contributed by atoms with van der Waals surface area (Å²) in [7, 11) is 0.